The Balaban J connectivity index is 4.41. The molecular weight excluding hydrogens is 985 g/mol. The monoisotopic (exact) mass is 1110 g/mol. The summed E-state index contributed by atoms with van der Waals surface area (Å²) in [6.45, 7) is 6.42. The van der Waals surface area contributed by atoms with E-state index in [1.807, 2.05) is 0 Å². The number of carbonyl (C=O) groups excluding carboxylic acids is 3. The first kappa shape index (κ1) is 75.8. The van der Waals surface area contributed by atoms with Crippen molar-refractivity contribution < 1.29 is 28.6 Å². The van der Waals surface area contributed by atoms with Gasteiger partial charge in [0, 0.05) is 19.3 Å². The number of rotatable bonds is 60. The first-order valence-corrected chi connectivity index (χ1v) is 33.5. The molecule has 456 valence electrons. The van der Waals surface area contributed by atoms with Crippen molar-refractivity contribution in [2.24, 2.45) is 0 Å². The van der Waals surface area contributed by atoms with Crippen molar-refractivity contribution in [2.45, 2.75) is 316 Å². The summed E-state index contributed by atoms with van der Waals surface area (Å²) in [5, 5.41) is 0. The third-order valence-electron chi connectivity index (χ3n) is 14.2. The Kier molecular flexibility index (Phi) is 63.8. The van der Waals surface area contributed by atoms with Gasteiger partial charge in [0.25, 0.3) is 0 Å². The van der Waals surface area contributed by atoms with Crippen LogP contribution in [-0.2, 0) is 28.6 Å². The molecule has 0 amide bonds. The average molecular weight is 1110 g/mol. The Morgan fingerprint density at radius 3 is 0.775 bits per heavy atom. The first-order chi connectivity index (χ1) is 39.5. The summed E-state index contributed by atoms with van der Waals surface area (Å²) in [6.07, 6.45) is 93.4. The first-order valence-electron chi connectivity index (χ1n) is 33.5. The van der Waals surface area contributed by atoms with Crippen LogP contribution in [0.2, 0.25) is 0 Å². The van der Waals surface area contributed by atoms with Gasteiger partial charge in [0.2, 0.25) is 0 Å². The maximum atomic E-state index is 12.9. The molecule has 0 rings (SSSR count). The summed E-state index contributed by atoms with van der Waals surface area (Å²) < 4.78 is 17.0. The van der Waals surface area contributed by atoms with Crippen molar-refractivity contribution in [3.05, 3.63) is 122 Å². The Hall–Kier alpha value is -4.19. The van der Waals surface area contributed by atoms with Crippen molar-refractivity contribution in [2.75, 3.05) is 13.2 Å². The van der Waals surface area contributed by atoms with Crippen LogP contribution in [0.15, 0.2) is 122 Å². The molecule has 0 aliphatic carbocycles. The molecular formula is C74H124O6. The fraction of sp³-hybridized carbons (Fsp3) is 0.689. The largest absolute Gasteiger partial charge is 0.462 e. The van der Waals surface area contributed by atoms with Crippen LogP contribution in [0.1, 0.15) is 310 Å². The van der Waals surface area contributed by atoms with Gasteiger partial charge in [0.1, 0.15) is 13.2 Å². The zero-order valence-electron chi connectivity index (χ0n) is 52.3. The summed E-state index contributed by atoms with van der Waals surface area (Å²) in [5.74, 6) is -0.905. The van der Waals surface area contributed by atoms with E-state index in [-0.39, 0.29) is 31.1 Å². The van der Waals surface area contributed by atoms with Gasteiger partial charge < -0.3 is 14.2 Å². The lowest BCUT2D eigenvalue weighted by Gasteiger charge is -2.18. The van der Waals surface area contributed by atoms with Crippen LogP contribution < -0.4 is 0 Å². The molecule has 0 radical (unpaired) electrons. The molecule has 6 heteroatoms. The normalized spacial score (nSPS) is 12.9. The van der Waals surface area contributed by atoms with E-state index < -0.39 is 6.10 Å². The van der Waals surface area contributed by atoms with Crippen LogP contribution >= 0.6 is 0 Å². The van der Waals surface area contributed by atoms with Crippen LogP contribution in [0.3, 0.4) is 0 Å². The van der Waals surface area contributed by atoms with E-state index in [1.165, 1.54) is 135 Å². The molecule has 0 bridgehead atoms. The van der Waals surface area contributed by atoms with Gasteiger partial charge in [0.15, 0.2) is 6.10 Å². The summed E-state index contributed by atoms with van der Waals surface area (Å²) in [6, 6.07) is 0. The second kappa shape index (κ2) is 67.3. The van der Waals surface area contributed by atoms with Gasteiger partial charge in [-0.2, -0.15) is 0 Å². The number of esters is 3. The minimum atomic E-state index is -0.795. The van der Waals surface area contributed by atoms with Gasteiger partial charge >= 0.3 is 17.9 Å². The lowest BCUT2D eigenvalue weighted by molar-refractivity contribution is -0.167. The van der Waals surface area contributed by atoms with Crippen molar-refractivity contribution in [1.29, 1.82) is 0 Å². The van der Waals surface area contributed by atoms with E-state index >= 15 is 0 Å². The highest BCUT2D eigenvalue weighted by Gasteiger charge is 2.19. The molecule has 0 spiro atoms. The molecule has 0 saturated carbocycles. The minimum absolute atomic E-state index is 0.0893. The Labute approximate surface area is 494 Å². The predicted octanol–water partition coefficient (Wildman–Crippen LogP) is 23.2. The standard InChI is InChI=1S/C74H124O6/c1-4-7-10-13-16-19-22-25-28-31-34-35-36-37-38-39-41-43-46-49-52-55-58-61-64-67-73(76)79-70-71(69-78-72(75)66-63-60-57-54-51-48-45-42-33-30-27-24-21-18-15-12-9-6-3)80-74(77)68-65-62-59-56-53-50-47-44-40-32-29-26-23-20-17-14-11-8-5-2/h7-8,10-11,16-17,19-20,25-26,28-30,33-35,37-38,40,44,71H,4-6,9,12-15,18,21-24,27,31-32,36,39,41-43,45-70H2,1-3H3/b10-7-,11-8-,19-16-,20-17-,28-25-,29-26-,33-30-,35-34-,38-37-,44-40-. The van der Waals surface area contributed by atoms with Crippen molar-refractivity contribution in [3.8, 4) is 0 Å². The van der Waals surface area contributed by atoms with E-state index in [4.69, 9.17) is 14.2 Å². The van der Waals surface area contributed by atoms with Gasteiger partial charge in [-0.3, -0.25) is 14.4 Å². The smallest absolute Gasteiger partial charge is 0.306 e. The predicted molar refractivity (Wildman–Crippen MR) is 348 cm³/mol. The third-order valence-corrected chi connectivity index (χ3v) is 14.2. The number of hydrogen-bond acceptors (Lipinski definition) is 6. The molecule has 0 aliphatic rings. The molecule has 0 heterocycles. The number of ether oxygens (including phenoxy) is 3. The van der Waals surface area contributed by atoms with E-state index in [2.05, 4.69) is 142 Å². The minimum Gasteiger partial charge on any atom is -0.462 e. The van der Waals surface area contributed by atoms with Crippen LogP contribution in [-0.4, -0.2) is 37.2 Å². The maximum Gasteiger partial charge on any atom is 0.306 e. The Morgan fingerprint density at radius 1 is 0.263 bits per heavy atom. The molecule has 0 aromatic rings. The maximum absolute atomic E-state index is 12.9. The van der Waals surface area contributed by atoms with Crippen LogP contribution in [0.4, 0.5) is 0 Å². The number of carbonyl (C=O) groups is 3. The summed E-state index contributed by atoms with van der Waals surface area (Å²) in [4.78, 5) is 38.4. The summed E-state index contributed by atoms with van der Waals surface area (Å²) in [7, 11) is 0. The molecule has 0 aliphatic heterocycles. The van der Waals surface area contributed by atoms with E-state index in [1.54, 1.807) is 0 Å². The van der Waals surface area contributed by atoms with Gasteiger partial charge in [-0.15, -0.1) is 0 Å². The van der Waals surface area contributed by atoms with E-state index in [0.29, 0.717) is 19.3 Å². The zero-order valence-corrected chi connectivity index (χ0v) is 52.3. The Bertz CT molecular complexity index is 1650. The molecule has 1 unspecified atom stereocenters. The van der Waals surface area contributed by atoms with Crippen molar-refractivity contribution in [1.82, 2.24) is 0 Å². The molecule has 0 fully saturated rings. The SMILES string of the molecule is CC/C=C\C/C=C\C/C=C\C/C=C\C/C=C\CCCCCCCCCCCC(=O)OCC(COC(=O)CCCCCCCCC/C=C\CCCCCCCCC)OC(=O)CCCCCCCC/C=C\C/C=C\C/C=C\C/C=C\CC. The second-order valence-electron chi connectivity index (χ2n) is 22.0. The molecule has 0 aromatic carbocycles. The van der Waals surface area contributed by atoms with Crippen molar-refractivity contribution >= 4 is 17.9 Å². The second-order valence-corrected chi connectivity index (χ2v) is 22.0. The van der Waals surface area contributed by atoms with Crippen LogP contribution in [0.5, 0.6) is 0 Å². The molecule has 1 atom stereocenters. The topological polar surface area (TPSA) is 78.9 Å². The fourth-order valence-corrected chi connectivity index (χ4v) is 9.22. The lowest BCUT2D eigenvalue weighted by Crippen LogP contribution is -2.30. The van der Waals surface area contributed by atoms with Gasteiger partial charge in [-0.1, -0.05) is 284 Å². The highest BCUT2D eigenvalue weighted by molar-refractivity contribution is 5.71. The van der Waals surface area contributed by atoms with Crippen molar-refractivity contribution in [3.63, 3.8) is 0 Å². The third kappa shape index (κ3) is 64.6. The van der Waals surface area contributed by atoms with Crippen LogP contribution in [0.25, 0.3) is 0 Å². The van der Waals surface area contributed by atoms with Gasteiger partial charge in [-0.25, -0.2) is 0 Å². The lowest BCUT2D eigenvalue weighted by atomic mass is 10.1. The zero-order chi connectivity index (χ0) is 57.8. The summed E-state index contributed by atoms with van der Waals surface area (Å²) in [5.41, 5.74) is 0. The highest BCUT2D eigenvalue weighted by atomic mass is 16.6. The molecule has 0 aromatic heterocycles. The number of allylic oxidation sites excluding steroid dienone is 20. The number of unbranched alkanes of at least 4 members (excludes halogenated alkanes) is 29. The van der Waals surface area contributed by atoms with Gasteiger partial charge in [-0.05, 0) is 128 Å². The van der Waals surface area contributed by atoms with E-state index in [0.717, 1.165) is 135 Å². The quantitative estimate of drug-likeness (QED) is 0.0261. The summed E-state index contributed by atoms with van der Waals surface area (Å²) >= 11 is 0. The molecule has 6 nitrogen and oxygen atoms in total. The molecule has 0 saturated heterocycles. The van der Waals surface area contributed by atoms with Gasteiger partial charge in [0.05, 0.1) is 0 Å². The highest BCUT2D eigenvalue weighted by Crippen LogP contribution is 2.16. The number of hydrogen-bond donors (Lipinski definition) is 0. The van der Waals surface area contributed by atoms with E-state index in [9.17, 15) is 14.4 Å². The Morgan fingerprint density at radius 2 is 0.487 bits per heavy atom. The fourth-order valence-electron chi connectivity index (χ4n) is 9.22. The van der Waals surface area contributed by atoms with Crippen LogP contribution in [0, 0.1) is 0 Å². The molecule has 0 N–H and O–H groups in total. The molecule has 80 heavy (non-hydrogen) atoms. The average Bonchev–Trinajstić information content (AvgIpc) is 3.46.